The number of halogens is 1. The van der Waals surface area contributed by atoms with Crippen LogP contribution < -0.4 is 4.74 Å². The van der Waals surface area contributed by atoms with Crippen molar-refractivity contribution in [3.8, 4) is 5.75 Å². The Hall–Kier alpha value is -2.11. The van der Waals surface area contributed by atoms with Crippen molar-refractivity contribution in [2.75, 3.05) is 39.3 Å². The fourth-order valence-corrected chi connectivity index (χ4v) is 3.05. The van der Waals surface area contributed by atoms with Crippen LogP contribution >= 0.6 is 12.4 Å². The maximum absolute atomic E-state index is 12.6. The molecule has 0 N–H and O–H groups in total. The summed E-state index contributed by atoms with van der Waals surface area (Å²) >= 11 is 0. The van der Waals surface area contributed by atoms with Crippen LogP contribution in [0.5, 0.6) is 5.75 Å². The third-order valence-electron chi connectivity index (χ3n) is 4.54. The summed E-state index contributed by atoms with van der Waals surface area (Å²) in [6.07, 6.45) is 4.70. The zero-order valence-corrected chi connectivity index (χ0v) is 16.0. The van der Waals surface area contributed by atoms with Crippen LogP contribution in [0.2, 0.25) is 0 Å². The SMILES string of the molecule is CCOc1ccc(C(=O)N2CCN(CCc3ccncc3)CC2)cc1.Cl. The van der Waals surface area contributed by atoms with Gasteiger partial charge >= 0.3 is 0 Å². The van der Waals surface area contributed by atoms with Crippen LogP contribution in [0.25, 0.3) is 0 Å². The maximum Gasteiger partial charge on any atom is 0.253 e. The van der Waals surface area contributed by atoms with E-state index in [0.717, 1.165) is 50.5 Å². The number of ether oxygens (including phenoxy) is 1. The first kappa shape index (κ1) is 20.2. The van der Waals surface area contributed by atoms with E-state index in [4.69, 9.17) is 4.74 Å². The Morgan fingerprint density at radius 3 is 2.31 bits per heavy atom. The summed E-state index contributed by atoms with van der Waals surface area (Å²) in [6.45, 7) is 7.02. The summed E-state index contributed by atoms with van der Waals surface area (Å²) in [5.41, 5.74) is 2.04. The van der Waals surface area contributed by atoms with E-state index in [0.29, 0.717) is 6.61 Å². The van der Waals surface area contributed by atoms with E-state index in [-0.39, 0.29) is 18.3 Å². The van der Waals surface area contributed by atoms with Crippen molar-refractivity contribution in [3.63, 3.8) is 0 Å². The summed E-state index contributed by atoms with van der Waals surface area (Å²) in [7, 11) is 0. The molecule has 1 amide bonds. The van der Waals surface area contributed by atoms with Crippen LogP contribution in [0.15, 0.2) is 48.8 Å². The van der Waals surface area contributed by atoms with Crippen molar-refractivity contribution in [1.29, 1.82) is 0 Å². The first-order valence-corrected chi connectivity index (χ1v) is 8.89. The minimum Gasteiger partial charge on any atom is -0.494 e. The predicted octanol–water partition coefficient (Wildman–Crippen LogP) is 2.90. The number of hydrogen-bond donors (Lipinski definition) is 0. The highest BCUT2D eigenvalue weighted by atomic mass is 35.5. The van der Waals surface area contributed by atoms with Gasteiger partial charge in [0.2, 0.25) is 0 Å². The normalized spacial score (nSPS) is 14.6. The van der Waals surface area contributed by atoms with Gasteiger partial charge in [-0.2, -0.15) is 0 Å². The Labute approximate surface area is 161 Å². The number of nitrogens with zero attached hydrogens (tertiary/aromatic N) is 3. The molecular weight excluding hydrogens is 350 g/mol. The molecule has 0 spiro atoms. The number of piperazine rings is 1. The lowest BCUT2D eigenvalue weighted by Gasteiger charge is -2.34. The average molecular weight is 376 g/mol. The lowest BCUT2D eigenvalue weighted by Crippen LogP contribution is -2.49. The molecule has 3 rings (SSSR count). The van der Waals surface area contributed by atoms with Gasteiger partial charge in [-0.1, -0.05) is 0 Å². The number of aromatic nitrogens is 1. The second-order valence-electron chi connectivity index (χ2n) is 6.20. The molecule has 0 bridgehead atoms. The van der Waals surface area contributed by atoms with E-state index in [1.165, 1.54) is 5.56 Å². The average Bonchev–Trinajstić information content (AvgIpc) is 2.68. The molecule has 1 saturated heterocycles. The molecule has 0 saturated carbocycles. The molecule has 26 heavy (non-hydrogen) atoms. The zero-order chi connectivity index (χ0) is 17.5. The lowest BCUT2D eigenvalue weighted by atomic mass is 10.1. The maximum atomic E-state index is 12.6. The third-order valence-corrected chi connectivity index (χ3v) is 4.54. The van der Waals surface area contributed by atoms with Crippen LogP contribution in [0, 0.1) is 0 Å². The summed E-state index contributed by atoms with van der Waals surface area (Å²) in [4.78, 5) is 21.0. The quantitative estimate of drug-likeness (QED) is 0.778. The molecule has 1 aliphatic rings. The Balaban J connectivity index is 0.00000243. The minimum atomic E-state index is 0. The zero-order valence-electron chi connectivity index (χ0n) is 15.1. The largest absolute Gasteiger partial charge is 0.494 e. The molecule has 1 aromatic heterocycles. The molecule has 0 atom stereocenters. The first-order chi connectivity index (χ1) is 12.3. The second-order valence-corrected chi connectivity index (χ2v) is 6.20. The molecular formula is C20H26ClN3O2. The van der Waals surface area contributed by atoms with Gasteiger partial charge in [-0.25, -0.2) is 0 Å². The molecule has 1 fully saturated rings. The first-order valence-electron chi connectivity index (χ1n) is 8.89. The number of pyridine rings is 1. The lowest BCUT2D eigenvalue weighted by molar-refractivity contribution is 0.0638. The summed E-state index contributed by atoms with van der Waals surface area (Å²) in [5, 5.41) is 0. The van der Waals surface area contributed by atoms with Crippen LogP contribution in [-0.4, -0.2) is 60.0 Å². The highest BCUT2D eigenvalue weighted by Gasteiger charge is 2.21. The Morgan fingerprint density at radius 2 is 1.69 bits per heavy atom. The van der Waals surface area contributed by atoms with Crippen molar-refractivity contribution in [1.82, 2.24) is 14.8 Å². The van der Waals surface area contributed by atoms with Gasteiger partial charge in [-0.05, 0) is 55.3 Å². The van der Waals surface area contributed by atoms with E-state index >= 15 is 0 Å². The van der Waals surface area contributed by atoms with Crippen molar-refractivity contribution in [2.24, 2.45) is 0 Å². The summed E-state index contributed by atoms with van der Waals surface area (Å²) in [5.74, 6) is 0.914. The number of amides is 1. The third kappa shape index (κ3) is 5.44. The predicted molar refractivity (Wildman–Crippen MR) is 105 cm³/mol. The second kappa shape index (κ2) is 10.1. The summed E-state index contributed by atoms with van der Waals surface area (Å²) in [6, 6.07) is 11.5. The van der Waals surface area contributed by atoms with E-state index < -0.39 is 0 Å². The van der Waals surface area contributed by atoms with E-state index in [1.54, 1.807) is 0 Å². The molecule has 0 aliphatic carbocycles. The Bertz CT molecular complexity index is 671. The smallest absolute Gasteiger partial charge is 0.253 e. The van der Waals surface area contributed by atoms with Crippen molar-refractivity contribution in [3.05, 3.63) is 59.9 Å². The topological polar surface area (TPSA) is 45.7 Å². The van der Waals surface area contributed by atoms with Crippen LogP contribution in [-0.2, 0) is 6.42 Å². The van der Waals surface area contributed by atoms with Gasteiger partial charge in [0.25, 0.3) is 5.91 Å². The van der Waals surface area contributed by atoms with Crippen molar-refractivity contribution >= 4 is 18.3 Å². The van der Waals surface area contributed by atoms with Gasteiger partial charge in [0.15, 0.2) is 0 Å². The standard InChI is InChI=1S/C20H25N3O2.ClH/c1-2-25-19-5-3-18(4-6-19)20(24)23-15-13-22(14-16-23)12-9-17-7-10-21-11-8-17;/h3-8,10-11H,2,9,12-16H2,1H3;1H. The van der Waals surface area contributed by atoms with Crippen molar-refractivity contribution < 1.29 is 9.53 Å². The molecule has 5 nitrogen and oxygen atoms in total. The van der Waals surface area contributed by atoms with Crippen LogP contribution in [0.1, 0.15) is 22.8 Å². The van der Waals surface area contributed by atoms with Gasteiger partial charge in [0, 0.05) is 50.7 Å². The summed E-state index contributed by atoms with van der Waals surface area (Å²) < 4.78 is 5.43. The van der Waals surface area contributed by atoms with Gasteiger partial charge < -0.3 is 9.64 Å². The van der Waals surface area contributed by atoms with Crippen molar-refractivity contribution in [2.45, 2.75) is 13.3 Å². The van der Waals surface area contributed by atoms with E-state index in [1.807, 2.05) is 48.5 Å². The molecule has 6 heteroatoms. The number of hydrogen-bond acceptors (Lipinski definition) is 4. The van der Waals surface area contributed by atoms with Gasteiger partial charge in [-0.15, -0.1) is 12.4 Å². The molecule has 1 aromatic carbocycles. The highest BCUT2D eigenvalue weighted by Crippen LogP contribution is 2.15. The van der Waals surface area contributed by atoms with E-state index in [9.17, 15) is 4.79 Å². The molecule has 2 heterocycles. The fourth-order valence-electron chi connectivity index (χ4n) is 3.05. The molecule has 0 radical (unpaired) electrons. The number of carbonyl (C=O) groups excluding carboxylic acids is 1. The number of rotatable bonds is 6. The molecule has 140 valence electrons. The van der Waals surface area contributed by atoms with Gasteiger partial charge in [0.05, 0.1) is 6.61 Å². The molecule has 2 aromatic rings. The highest BCUT2D eigenvalue weighted by molar-refractivity contribution is 5.94. The Kier molecular flexibility index (Phi) is 7.88. The molecule has 0 unspecified atom stereocenters. The minimum absolute atomic E-state index is 0. The fraction of sp³-hybridized carbons (Fsp3) is 0.400. The Morgan fingerprint density at radius 1 is 1.04 bits per heavy atom. The van der Waals surface area contributed by atoms with Crippen LogP contribution in [0.4, 0.5) is 0 Å². The van der Waals surface area contributed by atoms with Crippen LogP contribution in [0.3, 0.4) is 0 Å². The number of carbonyl (C=O) groups is 1. The molecule has 1 aliphatic heterocycles. The monoisotopic (exact) mass is 375 g/mol. The number of benzene rings is 1. The van der Waals surface area contributed by atoms with E-state index in [2.05, 4.69) is 22.0 Å². The van der Waals surface area contributed by atoms with Gasteiger partial charge in [0.1, 0.15) is 5.75 Å². The van der Waals surface area contributed by atoms with Gasteiger partial charge in [-0.3, -0.25) is 14.7 Å².